The summed E-state index contributed by atoms with van der Waals surface area (Å²) in [7, 11) is 0. The quantitative estimate of drug-likeness (QED) is 0.761. The second kappa shape index (κ2) is 7.23. The van der Waals surface area contributed by atoms with Crippen LogP contribution in [0.1, 0.15) is 45.3 Å². The molecule has 0 spiro atoms. The smallest absolute Gasteiger partial charge is 0.410 e. The van der Waals surface area contributed by atoms with Crippen molar-refractivity contribution in [2.24, 2.45) is 5.92 Å². The van der Waals surface area contributed by atoms with Crippen LogP contribution in [0.3, 0.4) is 0 Å². The number of carbonyl (C=O) groups excluding carboxylic acids is 1. The highest BCUT2D eigenvalue weighted by atomic mass is 79.9. The molecule has 2 saturated heterocycles. The van der Waals surface area contributed by atoms with Crippen LogP contribution in [0.25, 0.3) is 0 Å². The average Bonchev–Trinajstić information content (AvgIpc) is 2.81. The van der Waals surface area contributed by atoms with E-state index in [-0.39, 0.29) is 6.09 Å². The van der Waals surface area contributed by atoms with E-state index < -0.39 is 5.60 Å². The van der Waals surface area contributed by atoms with Gasteiger partial charge in [0.25, 0.3) is 0 Å². The Hall–Kier alpha value is -1.15. The molecule has 2 aliphatic rings. The summed E-state index contributed by atoms with van der Waals surface area (Å²) in [5, 5.41) is 8.28. The van der Waals surface area contributed by atoms with Crippen molar-refractivity contribution in [2.45, 2.75) is 52.2 Å². The first-order valence-electron chi connectivity index (χ1n) is 9.00. The van der Waals surface area contributed by atoms with Gasteiger partial charge < -0.3 is 9.64 Å². The minimum atomic E-state index is -0.422. The molecule has 140 valence electrons. The Balaban J connectivity index is 1.39. The first kappa shape index (κ1) is 18.6. The van der Waals surface area contributed by atoms with Crippen LogP contribution in [-0.2, 0) is 4.74 Å². The van der Waals surface area contributed by atoms with E-state index in [1.165, 1.54) is 0 Å². The standard InChI is InChI=1S/C17H28BrN5O2/c1-12-15(18)19-20-23(12)14-10-21(11-14)9-13-5-7-22(8-6-13)16(24)25-17(2,3)4/h13-14H,5-11H2,1-4H3. The first-order valence-corrected chi connectivity index (χ1v) is 9.80. The number of hydrogen-bond acceptors (Lipinski definition) is 5. The number of hydrogen-bond donors (Lipinski definition) is 0. The SMILES string of the molecule is Cc1c(Br)nnn1C1CN(CC2CCN(C(=O)OC(C)(C)C)CC2)C1. The van der Waals surface area contributed by atoms with Crippen molar-refractivity contribution in [1.29, 1.82) is 0 Å². The predicted molar refractivity (Wildman–Crippen MR) is 98.5 cm³/mol. The molecule has 3 heterocycles. The van der Waals surface area contributed by atoms with Gasteiger partial charge in [0.1, 0.15) is 5.60 Å². The molecule has 7 nitrogen and oxygen atoms in total. The van der Waals surface area contributed by atoms with Crippen LogP contribution in [0.15, 0.2) is 4.60 Å². The van der Waals surface area contributed by atoms with Gasteiger partial charge in [-0.15, -0.1) is 5.10 Å². The molecule has 1 aromatic heterocycles. The summed E-state index contributed by atoms with van der Waals surface area (Å²) in [6, 6.07) is 0.431. The van der Waals surface area contributed by atoms with Crippen LogP contribution in [0, 0.1) is 12.8 Å². The van der Waals surface area contributed by atoms with Crippen molar-refractivity contribution in [3.63, 3.8) is 0 Å². The van der Waals surface area contributed by atoms with Gasteiger partial charge in [-0.25, -0.2) is 9.48 Å². The lowest BCUT2D eigenvalue weighted by atomic mass is 9.94. The van der Waals surface area contributed by atoms with E-state index in [4.69, 9.17) is 4.74 Å². The van der Waals surface area contributed by atoms with Gasteiger partial charge in [0.15, 0.2) is 4.60 Å². The Labute approximate surface area is 157 Å². The normalized spacial score (nSPS) is 20.6. The lowest BCUT2D eigenvalue weighted by Gasteiger charge is -2.42. The summed E-state index contributed by atoms with van der Waals surface area (Å²) >= 11 is 3.42. The number of likely N-dealkylation sites (tertiary alicyclic amines) is 2. The summed E-state index contributed by atoms with van der Waals surface area (Å²) in [5.74, 6) is 0.656. The van der Waals surface area contributed by atoms with Gasteiger partial charge in [-0.2, -0.15) is 0 Å². The van der Waals surface area contributed by atoms with E-state index in [0.29, 0.717) is 12.0 Å². The van der Waals surface area contributed by atoms with Crippen LogP contribution < -0.4 is 0 Å². The van der Waals surface area contributed by atoms with E-state index in [2.05, 4.69) is 31.1 Å². The summed E-state index contributed by atoms with van der Waals surface area (Å²) in [6.45, 7) is 12.5. The fourth-order valence-corrected chi connectivity index (χ4v) is 3.76. The molecule has 3 rings (SSSR count). The molecule has 0 unspecified atom stereocenters. The molecule has 2 aliphatic heterocycles. The topological polar surface area (TPSA) is 63.5 Å². The summed E-state index contributed by atoms with van der Waals surface area (Å²) < 4.78 is 8.31. The molecule has 0 atom stereocenters. The number of piperidine rings is 1. The molecule has 1 amide bonds. The number of carbonyl (C=O) groups is 1. The fourth-order valence-electron chi connectivity index (χ4n) is 3.50. The molecule has 1 aromatic rings. The molecule has 0 bridgehead atoms. The van der Waals surface area contributed by atoms with Crippen molar-refractivity contribution in [1.82, 2.24) is 24.8 Å². The Morgan fingerprint density at radius 3 is 2.44 bits per heavy atom. The van der Waals surface area contributed by atoms with Gasteiger partial charge in [-0.1, -0.05) is 5.21 Å². The highest BCUT2D eigenvalue weighted by Gasteiger charge is 2.33. The summed E-state index contributed by atoms with van der Waals surface area (Å²) in [4.78, 5) is 16.4. The molecular weight excluding hydrogens is 386 g/mol. The van der Waals surface area contributed by atoms with Crippen LogP contribution >= 0.6 is 15.9 Å². The molecule has 0 aliphatic carbocycles. The third kappa shape index (κ3) is 4.53. The van der Waals surface area contributed by atoms with Crippen molar-refractivity contribution in [2.75, 3.05) is 32.7 Å². The molecule has 0 aromatic carbocycles. The van der Waals surface area contributed by atoms with Crippen LogP contribution in [0.2, 0.25) is 0 Å². The van der Waals surface area contributed by atoms with Crippen LogP contribution in [0.5, 0.6) is 0 Å². The Bertz CT molecular complexity index is 613. The zero-order chi connectivity index (χ0) is 18.2. The molecule has 2 fully saturated rings. The lowest BCUT2D eigenvalue weighted by molar-refractivity contribution is 0.0132. The highest BCUT2D eigenvalue weighted by Crippen LogP contribution is 2.27. The molecule has 8 heteroatoms. The van der Waals surface area contributed by atoms with Gasteiger partial charge in [0.05, 0.1) is 11.7 Å². The second-order valence-electron chi connectivity index (χ2n) is 8.19. The van der Waals surface area contributed by atoms with Gasteiger partial charge in [0, 0.05) is 32.7 Å². The largest absolute Gasteiger partial charge is 0.444 e. The summed E-state index contributed by atoms with van der Waals surface area (Å²) in [5.41, 5.74) is 0.671. The third-order valence-corrected chi connectivity index (χ3v) is 5.67. The zero-order valence-corrected chi connectivity index (χ0v) is 17.1. The maximum atomic E-state index is 12.1. The van der Waals surface area contributed by atoms with Crippen molar-refractivity contribution >= 4 is 22.0 Å². The molecule has 0 N–H and O–H groups in total. The maximum absolute atomic E-state index is 12.1. The second-order valence-corrected chi connectivity index (χ2v) is 8.94. The Morgan fingerprint density at radius 2 is 1.92 bits per heavy atom. The fraction of sp³-hybridized carbons (Fsp3) is 0.824. The number of ether oxygens (including phenoxy) is 1. The summed E-state index contributed by atoms with van der Waals surface area (Å²) in [6.07, 6.45) is 1.92. The van der Waals surface area contributed by atoms with E-state index in [0.717, 1.165) is 55.9 Å². The van der Waals surface area contributed by atoms with Gasteiger partial charge in [-0.05, 0) is 62.4 Å². The first-order chi connectivity index (χ1) is 11.7. The maximum Gasteiger partial charge on any atom is 0.410 e. The Morgan fingerprint density at radius 1 is 1.28 bits per heavy atom. The average molecular weight is 414 g/mol. The van der Waals surface area contributed by atoms with Gasteiger partial charge >= 0.3 is 6.09 Å². The van der Waals surface area contributed by atoms with E-state index in [1.807, 2.05) is 37.3 Å². The van der Waals surface area contributed by atoms with Gasteiger partial charge in [-0.3, -0.25) is 4.90 Å². The zero-order valence-electron chi connectivity index (χ0n) is 15.5. The van der Waals surface area contributed by atoms with Crippen molar-refractivity contribution < 1.29 is 9.53 Å². The number of rotatable bonds is 3. The monoisotopic (exact) mass is 413 g/mol. The minimum absolute atomic E-state index is 0.179. The lowest BCUT2D eigenvalue weighted by Crippen LogP contribution is -2.51. The highest BCUT2D eigenvalue weighted by molar-refractivity contribution is 9.10. The third-order valence-electron chi connectivity index (χ3n) is 4.94. The predicted octanol–water partition coefficient (Wildman–Crippen LogP) is 2.85. The number of halogens is 1. The van der Waals surface area contributed by atoms with Gasteiger partial charge in [0.2, 0.25) is 0 Å². The minimum Gasteiger partial charge on any atom is -0.444 e. The van der Waals surface area contributed by atoms with E-state index in [1.54, 1.807) is 0 Å². The molecule has 25 heavy (non-hydrogen) atoms. The molecule has 0 saturated carbocycles. The number of aromatic nitrogens is 3. The molecular formula is C17H28BrN5O2. The van der Waals surface area contributed by atoms with Crippen molar-refractivity contribution in [3.8, 4) is 0 Å². The number of nitrogens with zero attached hydrogens (tertiary/aromatic N) is 5. The molecule has 0 radical (unpaired) electrons. The van der Waals surface area contributed by atoms with E-state index in [9.17, 15) is 4.79 Å². The van der Waals surface area contributed by atoms with Crippen LogP contribution in [0.4, 0.5) is 4.79 Å². The van der Waals surface area contributed by atoms with Crippen LogP contribution in [-0.4, -0.2) is 69.2 Å². The van der Waals surface area contributed by atoms with E-state index >= 15 is 0 Å². The van der Waals surface area contributed by atoms with Crippen molar-refractivity contribution in [3.05, 3.63) is 10.3 Å². The number of amides is 1. The Kier molecular flexibility index (Phi) is 5.39.